The third-order valence-electron chi connectivity index (χ3n) is 2.58. The molecule has 2 rings (SSSR count). The van der Waals surface area contributed by atoms with E-state index in [0.717, 1.165) is 21.9 Å². The predicted octanol–water partition coefficient (Wildman–Crippen LogP) is 2.74. The Morgan fingerprint density at radius 1 is 1.50 bits per heavy atom. The maximum absolute atomic E-state index is 5.85. The number of benzene rings is 1. The van der Waals surface area contributed by atoms with Crippen LogP contribution in [-0.2, 0) is 6.54 Å². The van der Waals surface area contributed by atoms with Gasteiger partial charge >= 0.3 is 0 Å². The summed E-state index contributed by atoms with van der Waals surface area (Å²) in [6.07, 6.45) is 0. The minimum absolute atomic E-state index is 0.383. The summed E-state index contributed by atoms with van der Waals surface area (Å²) in [6, 6.07) is 5.94. The predicted molar refractivity (Wildman–Crippen MR) is 85.1 cm³/mol. The number of aromatic nitrogens is 2. The molecule has 0 saturated carbocycles. The van der Waals surface area contributed by atoms with Crippen molar-refractivity contribution in [3.05, 3.63) is 35.5 Å². The van der Waals surface area contributed by atoms with Crippen molar-refractivity contribution < 1.29 is 4.52 Å². The minimum atomic E-state index is 0.383. The highest BCUT2D eigenvalue weighted by Gasteiger charge is 2.12. The van der Waals surface area contributed by atoms with Gasteiger partial charge in [-0.15, -0.1) is 11.8 Å². The molecule has 106 valence electrons. The Hall–Kier alpha value is -1.60. The highest BCUT2D eigenvalue weighted by molar-refractivity contribution is 7.99. The summed E-state index contributed by atoms with van der Waals surface area (Å²) in [5.41, 5.74) is 7.60. The molecular weight excluding hydrogens is 292 g/mol. The fourth-order valence-corrected chi connectivity index (χ4v) is 2.93. The summed E-state index contributed by atoms with van der Waals surface area (Å²) >= 11 is 6.87. The van der Waals surface area contributed by atoms with Crippen LogP contribution in [0.25, 0.3) is 0 Å². The summed E-state index contributed by atoms with van der Waals surface area (Å²) < 4.78 is 4.94. The van der Waals surface area contributed by atoms with Gasteiger partial charge in [-0.3, -0.25) is 0 Å². The summed E-state index contributed by atoms with van der Waals surface area (Å²) in [7, 11) is 0. The van der Waals surface area contributed by atoms with Crippen molar-refractivity contribution in [3.63, 3.8) is 0 Å². The third-order valence-corrected chi connectivity index (χ3v) is 3.72. The molecule has 0 amide bonds. The molecule has 1 heterocycles. The first-order valence-electron chi connectivity index (χ1n) is 6.20. The molecule has 0 aliphatic heterocycles. The van der Waals surface area contributed by atoms with Gasteiger partial charge in [0.1, 0.15) is 4.99 Å². The summed E-state index contributed by atoms with van der Waals surface area (Å²) in [6.45, 7) is 4.32. The standard InChI is InChI=1S/C13H16N4OS2/c1-3-20-10-6-4-5-9(12(10)13(14)19)15-7-11-16-8(2)18-17-11/h4-6,15H,3,7H2,1-2H3,(H2,14,19). The number of thiocarbonyl (C=S) groups is 1. The number of thioether (sulfide) groups is 1. The van der Waals surface area contributed by atoms with Gasteiger partial charge in [0.2, 0.25) is 5.89 Å². The van der Waals surface area contributed by atoms with E-state index in [9.17, 15) is 0 Å². The fourth-order valence-electron chi connectivity index (χ4n) is 1.80. The van der Waals surface area contributed by atoms with Crippen LogP contribution in [0.5, 0.6) is 0 Å². The SMILES string of the molecule is CCSc1cccc(NCc2noc(C)n2)c1C(N)=S. The number of nitrogens with zero attached hydrogens (tertiary/aromatic N) is 2. The lowest BCUT2D eigenvalue weighted by Gasteiger charge is -2.13. The molecule has 0 bridgehead atoms. The molecule has 20 heavy (non-hydrogen) atoms. The largest absolute Gasteiger partial charge is 0.389 e. The molecule has 0 fully saturated rings. The Bertz CT molecular complexity index is 612. The van der Waals surface area contributed by atoms with Crippen molar-refractivity contribution in [3.8, 4) is 0 Å². The van der Waals surface area contributed by atoms with Gasteiger partial charge in [-0.05, 0) is 17.9 Å². The normalized spacial score (nSPS) is 10.5. The van der Waals surface area contributed by atoms with Gasteiger partial charge < -0.3 is 15.6 Å². The van der Waals surface area contributed by atoms with Crippen molar-refractivity contribution in [2.24, 2.45) is 5.73 Å². The highest BCUT2D eigenvalue weighted by Crippen LogP contribution is 2.28. The molecule has 0 aliphatic rings. The number of nitrogens with two attached hydrogens (primary N) is 1. The molecule has 0 aliphatic carbocycles. The van der Waals surface area contributed by atoms with Crippen LogP contribution in [0.2, 0.25) is 0 Å². The van der Waals surface area contributed by atoms with Crippen LogP contribution in [0.15, 0.2) is 27.6 Å². The van der Waals surface area contributed by atoms with E-state index in [1.807, 2.05) is 18.2 Å². The van der Waals surface area contributed by atoms with E-state index in [1.54, 1.807) is 18.7 Å². The number of anilines is 1. The Labute approximate surface area is 127 Å². The Kier molecular flexibility index (Phi) is 4.97. The molecule has 0 saturated heterocycles. The highest BCUT2D eigenvalue weighted by atomic mass is 32.2. The monoisotopic (exact) mass is 308 g/mol. The second-order valence-electron chi connectivity index (χ2n) is 4.06. The van der Waals surface area contributed by atoms with Crippen molar-refractivity contribution in [2.75, 3.05) is 11.1 Å². The Morgan fingerprint density at radius 3 is 2.90 bits per heavy atom. The zero-order chi connectivity index (χ0) is 14.5. The topological polar surface area (TPSA) is 77.0 Å². The van der Waals surface area contributed by atoms with Gasteiger partial charge in [0.25, 0.3) is 0 Å². The van der Waals surface area contributed by atoms with E-state index in [4.69, 9.17) is 22.5 Å². The molecule has 0 unspecified atom stereocenters. The molecule has 1 aromatic carbocycles. The molecule has 0 atom stereocenters. The lowest BCUT2D eigenvalue weighted by molar-refractivity contribution is 0.388. The molecule has 1 aromatic heterocycles. The number of nitrogens with one attached hydrogen (secondary N) is 1. The van der Waals surface area contributed by atoms with Gasteiger partial charge in [-0.2, -0.15) is 4.98 Å². The summed E-state index contributed by atoms with van der Waals surface area (Å²) in [5, 5.41) is 7.10. The fraction of sp³-hybridized carbons (Fsp3) is 0.308. The number of hydrogen-bond acceptors (Lipinski definition) is 6. The van der Waals surface area contributed by atoms with E-state index >= 15 is 0 Å². The maximum atomic E-state index is 5.85. The maximum Gasteiger partial charge on any atom is 0.223 e. The van der Waals surface area contributed by atoms with E-state index in [2.05, 4.69) is 22.4 Å². The molecule has 5 nitrogen and oxygen atoms in total. The van der Waals surface area contributed by atoms with Crippen LogP contribution < -0.4 is 11.1 Å². The molecule has 3 N–H and O–H groups in total. The van der Waals surface area contributed by atoms with Gasteiger partial charge in [0.05, 0.1) is 6.54 Å². The van der Waals surface area contributed by atoms with Gasteiger partial charge in [-0.25, -0.2) is 0 Å². The average molecular weight is 308 g/mol. The first-order valence-corrected chi connectivity index (χ1v) is 7.60. The van der Waals surface area contributed by atoms with Crippen molar-refractivity contribution >= 4 is 34.7 Å². The second kappa shape index (κ2) is 6.71. The lowest BCUT2D eigenvalue weighted by atomic mass is 10.1. The Morgan fingerprint density at radius 2 is 2.30 bits per heavy atom. The number of rotatable bonds is 6. The first kappa shape index (κ1) is 14.8. The smallest absolute Gasteiger partial charge is 0.223 e. The molecule has 7 heteroatoms. The molecule has 0 spiro atoms. The van der Waals surface area contributed by atoms with Gasteiger partial charge in [-0.1, -0.05) is 30.4 Å². The van der Waals surface area contributed by atoms with E-state index in [1.165, 1.54) is 0 Å². The lowest BCUT2D eigenvalue weighted by Crippen LogP contribution is -2.15. The quantitative estimate of drug-likeness (QED) is 0.627. The average Bonchev–Trinajstić information content (AvgIpc) is 2.82. The van der Waals surface area contributed by atoms with Crippen LogP contribution >= 0.6 is 24.0 Å². The van der Waals surface area contributed by atoms with Crippen LogP contribution in [0, 0.1) is 6.92 Å². The first-order chi connectivity index (χ1) is 9.61. The van der Waals surface area contributed by atoms with Crippen LogP contribution in [0.4, 0.5) is 5.69 Å². The molecule has 2 aromatic rings. The van der Waals surface area contributed by atoms with Crippen molar-refractivity contribution in [1.82, 2.24) is 10.1 Å². The number of aryl methyl sites for hydroxylation is 1. The van der Waals surface area contributed by atoms with E-state index < -0.39 is 0 Å². The van der Waals surface area contributed by atoms with Crippen LogP contribution in [0.3, 0.4) is 0 Å². The van der Waals surface area contributed by atoms with Crippen LogP contribution in [-0.4, -0.2) is 20.9 Å². The summed E-state index contributed by atoms with van der Waals surface area (Å²) in [4.78, 5) is 5.61. The third kappa shape index (κ3) is 3.49. The molecular formula is C13H16N4OS2. The number of hydrogen-bond donors (Lipinski definition) is 2. The Balaban J connectivity index is 2.22. The minimum Gasteiger partial charge on any atom is -0.389 e. The van der Waals surface area contributed by atoms with E-state index in [-0.39, 0.29) is 0 Å². The summed E-state index contributed by atoms with van der Waals surface area (Å²) in [5.74, 6) is 2.11. The van der Waals surface area contributed by atoms with E-state index in [0.29, 0.717) is 23.2 Å². The van der Waals surface area contributed by atoms with Crippen molar-refractivity contribution in [1.29, 1.82) is 0 Å². The molecule has 0 radical (unpaired) electrons. The zero-order valence-electron chi connectivity index (χ0n) is 11.3. The van der Waals surface area contributed by atoms with Gasteiger partial charge in [0.15, 0.2) is 5.82 Å². The second-order valence-corrected chi connectivity index (χ2v) is 5.80. The van der Waals surface area contributed by atoms with Gasteiger partial charge in [0, 0.05) is 23.1 Å². The van der Waals surface area contributed by atoms with Crippen molar-refractivity contribution in [2.45, 2.75) is 25.3 Å². The zero-order valence-corrected chi connectivity index (χ0v) is 13.0. The van der Waals surface area contributed by atoms with Crippen LogP contribution in [0.1, 0.15) is 24.2 Å².